The molecule has 0 amide bonds. The van der Waals surface area contributed by atoms with Gasteiger partial charge in [0.2, 0.25) is 0 Å². The highest BCUT2D eigenvalue weighted by molar-refractivity contribution is 6.31. The summed E-state index contributed by atoms with van der Waals surface area (Å²) < 4.78 is 5.44. The number of benzene rings is 2. The van der Waals surface area contributed by atoms with Gasteiger partial charge in [-0.05, 0) is 30.3 Å². The first kappa shape index (κ1) is 13.3. The zero-order chi connectivity index (χ0) is 15.1. The van der Waals surface area contributed by atoms with Gasteiger partial charge < -0.3 is 4.52 Å². The molecule has 4 aromatic rings. The Morgan fingerprint density at radius 3 is 2.41 bits per heavy atom. The van der Waals surface area contributed by atoms with E-state index in [1.165, 1.54) is 0 Å². The van der Waals surface area contributed by atoms with Crippen molar-refractivity contribution in [2.75, 3.05) is 0 Å². The average molecular weight is 331 g/mol. The van der Waals surface area contributed by atoms with Gasteiger partial charge in [0.25, 0.3) is 0 Å². The summed E-state index contributed by atoms with van der Waals surface area (Å²) in [5, 5.41) is 17.1. The molecule has 0 fully saturated rings. The first-order chi connectivity index (χ1) is 10.7. The van der Waals surface area contributed by atoms with Crippen LogP contribution in [-0.4, -0.2) is 20.6 Å². The summed E-state index contributed by atoms with van der Waals surface area (Å²) in [7, 11) is 0. The Labute approximate surface area is 134 Å². The molecule has 7 heteroatoms. The van der Waals surface area contributed by atoms with E-state index in [4.69, 9.17) is 27.7 Å². The van der Waals surface area contributed by atoms with Crippen molar-refractivity contribution in [2.45, 2.75) is 0 Å². The van der Waals surface area contributed by atoms with Crippen LogP contribution in [0.3, 0.4) is 0 Å². The van der Waals surface area contributed by atoms with Crippen LogP contribution in [-0.2, 0) is 0 Å². The fraction of sp³-hybridized carbons (Fsp3) is 0. The third-order valence-corrected chi connectivity index (χ3v) is 3.81. The van der Waals surface area contributed by atoms with Gasteiger partial charge in [0, 0.05) is 15.6 Å². The van der Waals surface area contributed by atoms with Crippen LogP contribution in [0.5, 0.6) is 0 Å². The Bertz CT molecular complexity index is 959. The van der Waals surface area contributed by atoms with E-state index in [1.807, 2.05) is 18.2 Å². The average Bonchev–Trinajstić information content (AvgIpc) is 3.13. The first-order valence-electron chi connectivity index (χ1n) is 6.44. The van der Waals surface area contributed by atoms with Crippen molar-refractivity contribution in [3.63, 3.8) is 0 Å². The number of hydrogen-bond acceptors (Lipinski definition) is 4. The lowest BCUT2D eigenvalue weighted by Gasteiger charge is -1.99. The second-order valence-corrected chi connectivity index (χ2v) is 5.57. The smallest absolute Gasteiger partial charge is 0.197 e. The second kappa shape index (κ2) is 5.12. The number of hydrogen-bond donors (Lipinski definition) is 1. The minimum Gasteiger partial charge on any atom is -0.353 e. The van der Waals surface area contributed by atoms with Crippen LogP contribution < -0.4 is 0 Å². The molecule has 0 aliphatic heterocycles. The van der Waals surface area contributed by atoms with E-state index in [0.717, 1.165) is 10.9 Å². The van der Waals surface area contributed by atoms with Gasteiger partial charge in [-0.2, -0.15) is 15.4 Å². The third kappa shape index (κ3) is 2.15. The van der Waals surface area contributed by atoms with Crippen LogP contribution in [0.25, 0.3) is 33.6 Å². The number of aromatic amines is 1. The van der Waals surface area contributed by atoms with Crippen molar-refractivity contribution >= 4 is 34.1 Å². The summed E-state index contributed by atoms with van der Waals surface area (Å²) in [4.78, 5) is 0. The molecule has 22 heavy (non-hydrogen) atoms. The fourth-order valence-electron chi connectivity index (χ4n) is 2.29. The van der Waals surface area contributed by atoms with Gasteiger partial charge >= 0.3 is 0 Å². The monoisotopic (exact) mass is 330 g/mol. The first-order valence-corrected chi connectivity index (χ1v) is 7.20. The van der Waals surface area contributed by atoms with Crippen molar-refractivity contribution < 1.29 is 4.52 Å². The van der Waals surface area contributed by atoms with E-state index in [2.05, 4.69) is 20.6 Å². The highest BCUT2D eigenvalue weighted by atomic mass is 35.5. The minimum atomic E-state index is 0.547. The number of H-pyrrole nitrogens is 1. The third-order valence-electron chi connectivity index (χ3n) is 3.32. The zero-order valence-corrected chi connectivity index (χ0v) is 12.6. The maximum absolute atomic E-state index is 5.97. The summed E-state index contributed by atoms with van der Waals surface area (Å²) in [5.74, 6) is 0.547. The molecule has 0 unspecified atom stereocenters. The summed E-state index contributed by atoms with van der Waals surface area (Å²) >= 11 is 11.9. The molecule has 2 aromatic heterocycles. The predicted octanol–water partition coefficient (Wildman–Crippen LogP) is 4.59. The number of nitrogens with one attached hydrogen (secondary N) is 1. The van der Waals surface area contributed by atoms with E-state index >= 15 is 0 Å². The van der Waals surface area contributed by atoms with Gasteiger partial charge in [0.1, 0.15) is 11.2 Å². The molecule has 0 bridgehead atoms. The maximum atomic E-state index is 5.97. The molecule has 0 saturated carbocycles. The number of halogens is 2. The molecule has 0 atom stereocenters. The molecule has 0 spiro atoms. The van der Waals surface area contributed by atoms with Crippen molar-refractivity contribution in [1.29, 1.82) is 0 Å². The predicted molar refractivity (Wildman–Crippen MR) is 84.8 cm³/mol. The van der Waals surface area contributed by atoms with Gasteiger partial charge in [-0.25, -0.2) is 0 Å². The molecule has 2 aromatic carbocycles. The van der Waals surface area contributed by atoms with Crippen molar-refractivity contribution in [3.05, 3.63) is 52.5 Å². The van der Waals surface area contributed by atoms with Crippen molar-refractivity contribution in [3.8, 4) is 22.7 Å². The summed E-state index contributed by atoms with van der Waals surface area (Å²) in [5.41, 5.74) is 2.82. The van der Waals surface area contributed by atoms with Crippen molar-refractivity contribution in [2.24, 2.45) is 0 Å². The van der Waals surface area contributed by atoms with Gasteiger partial charge in [0.05, 0.1) is 5.39 Å². The van der Waals surface area contributed by atoms with Gasteiger partial charge in [-0.15, -0.1) is 0 Å². The number of nitrogens with zero attached hydrogens (tertiary/aromatic N) is 3. The lowest BCUT2D eigenvalue weighted by atomic mass is 10.1. The summed E-state index contributed by atoms with van der Waals surface area (Å²) in [6, 6.07) is 12.7. The highest BCUT2D eigenvalue weighted by Gasteiger charge is 2.19. The van der Waals surface area contributed by atoms with Crippen molar-refractivity contribution in [1.82, 2.24) is 20.6 Å². The van der Waals surface area contributed by atoms with E-state index in [1.54, 1.807) is 24.3 Å². The largest absolute Gasteiger partial charge is 0.353 e. The molecule has 2 heterocycles. The summed E-state index contributed by atoms with van der Waals surface area (Å²) in [6.45, 7) is 0. The Morgan fingerprint density at radius 1 is 0.864 bits per heavy atom. The molecule has 108 valence electrons. The van der Waals surface area contributed by atoms with Crippen LogP contribution in [0.2, 0.25) is 10.0 Å². The molecule has 0 aliphatic rings. The second-order valence-electron chi connectivity index (χ2n) is 4.70. The van der Waals surface area contributed by atoms with Crippen LogP contribution >= 0.6 is 23.2 Å². The van der Waals surface area contributed by atoms with Crippen LogP contribution in [0.15, 0.2) is 47.0 Å². The van der Waals surface area contributed by atoms with Gasteiger partial charge in [0.15, 0.2) is 11.5 Å². The number of fused-ring (bicyclic) bond motifs is 1. The Hall–Kier alpha value is -2.37. The molecule has 0 saturated heterocycles. The van der Waals surface area contributed by atoms with E-state index in [9.17, 15) is 0 Å². The van der Waals surface area contributed by atoms with Gasteiger partial charge in [-0.3, -0.25) is 0 Å². The molecule has 0 aliphatic carbocycles. The molecule has 4 rings (SSSR count). The van der Waals surface area contributed by atoms with Crippen LogP contribution in [0.4, 0.5) is 0 Å². The topological polar surface area (TPSA) is 67.6 Å². The molecule has 1 N–H and O–H groups in total. The fourth-order valence-corrected chi connectivity index (χ4v) is 2.58. The standard InChI is InChI=1S/C15H8Cl2N4O/c16-9-3-1-8(2-4-9)13-14(19-21-18-13)15-11-6-5-10(17)7-12(11)20-22-15/h1-7H,(H,18,19,21). The molecule has 0 radical (unpaired) electrons. The minimum absolute atomic E-state index is 0.547. The number of aromatic nitrogens is 4. The Morgan fingerprint density at radius 2 is 1.59 bits per heavy atom. The lowest BCUT2D eigenvalue weighted by Crippen LogP contribution is -1.83. The van der Waals surface area contributed by atoms with E-state index in [0.29, 0.717) is 32.7 Å². The Balaban J connectivity index is 1.89. The zero-order valence-electron chi connectivity index (χ0n) is 11.0. The maximum Gasteiger partial charge on any atom is 0.197 e. The highest BCUT2D eigenvalue weighted by Crippen LogP contribution is 2.34. The lowest BCUT2D eigenvalue weighted by molar-refractivity contribution is 0.439. The number of rotatable bonds is 2. The normalized spacial score (nSPS) is 11.2. The SMILES string of the molecule is Clc1ccc(-c2n[nH]nc2-c2onc3cc(Cl)ccc23)cc1. The summed E-state index contributed by atoms with van der Waals surface area (Å²) in [6.07, 6.45) is 0. The van der Waals surface area contributed by atoms with Crippen LogP contribution in [0, 0.1) is 0 Å². The van der Waals surface area contributed by atoms with Gasteiger partial charge in [-0.1, -0.05) is 40.5 Å². The van der Waals surface area contributed by atoms with E-state index in [-0.39, 0.29) is 0 Å². The quantitative estimate of drug-likeness (QED) is 0.583. The Kier molecular flexibility index (Phi) is 3.10. The molecule has 5 nitrogen and oxygen atoms in total. The molecular weight excluding hydrogens is 323 g/mol. The molecular formula is C15H8Cl2N4O. The van der Waals surface area contributed by atoms with Crippen LogP contribution in [0.1, 0.15) is 0 Å². The van der Waals surface area contributed by atoms with E-state index < -0.39 is 0 Å².